The molecule has 8 atom stereocenters. The maximum atomic E-state index is 12.4. The Hall–Kier alpha value is -0.440. The van der Waals surface area contributed by atoms with E-state index in [-0.39, 0.29) is 29.8 Å². The summed E-state index contributed by atoms with van der Waals surface area (Å²) in [6.45, 7) is 2.12. The summed E-state index contributed by atoms with van der Waals surface area (Å²) in [6.07, 6.45) is 7.21. The average Bonchev–Trinajstić information content (AvgIpc) is 3.34. The van der Waals surface area contributed by atoms with Crippen molar-refractivity contribution in [2.45, 2.75) is 81.9 Å². The van der Waals surface area contributed by atoms with Gasteiger partial charge in [-0.1, -0.05) is 6.92 Å². The SMILES string of the molecule is CCC1NC(C2CCC3C(CC[C@H]3NC(=O)C3CC(Cl)NO3)C2)NO1. The molecule has 4 N–H and O–H groups in total. The molecular weight excluding hydrogens is 344 g/mol. The molecule has 4 fully saturated rings. The zero-order valence-corrected chi connectivity index (χ0v) is 15.4. The van der Waals surface area contributed by atoms with E-state index in [0.717, 1.165) is 12.8 Å². The Balaban J connectivity index is 1.28. The second kappa shape index (κ2) is 7.66. The van der Waals surface area contributed by atoms with Crippen molar-refractivity contribution in [2.75, 3.05) is 0 Å². The maximum absolute atomic E-state index is 12.4. The van der Waals surface area contributed by atoms with Crippen molar-refractivity contribution in [2.24, 2.45) is 17.8 Å². The first-order valence-corrected chi connectivity index (χ1v) is 10.1. The molecule has 2 heterocycles. The van der Waals surface area contributed by atoms with E-state index in [1.807, 2.05) is 0 Å². The third-order valence-electron chi connectivity index (χ3n) is 6.37. The quantitative estimate of drug-likeness (QED) is 0.440. The van der Waals surface area contributed by atoms with Crippen molar-refractivity contribution in [1.29, 1.82) is 0 Å². The van der Waals surface area contributed by atoms with E-state index in [4.69, 9.17) is 21.3 Å². The van der Waals surface area contributed by atoms with Crippen LogP contribution in [0.4, 0.5) is 0 Å². The normalized spacial score (nSPS) is 47.0. The van der Waals surface area contributed by atoms with Crippen molar-refractivity contribution in [3.63, 3.8) is 0 Å². The van der Waals surface area contributed by atoms with Gasteiger partial charge in [-0.3, -0.25) is 19.8 Å². The van der Waals surface area contributed by atoms with E-state index in [1.165, 1.54) is 25.7 Å². The summed E-state index contributed by atoms with van der Waals surface area (Å²) in [6, 6.07) is 0.278. The van der Waals surface area contributed by atoms with Gasteiger partial charge in [-0.15, -0.1) is 11.6 Å². The highest BCUT2D eigenvalue weighted by atomic mass is 35.5. The van der Waals surface area contributed by atoms with Crippen molar-refractivity contribution < 1.29 is 14.5 Å². The van der Waals surface area contributed by atoms with Gasteiger partial charge in [-0.25, -0.2) is 0 Å². The average molecular weight is 373 g/mol. The third-order valence-corrected chi connectivity index (χ3v) is 6.64. The molecule has 0 aromatic rings. The Labute approximate surface area is 153 Å². The van der Waals surface area contributed by atoms with Crippen molar-refractivity contribution in [3.05, 3.63) is 0 Å². The van der Waals surface area contributed by atoms with Crippen LogP contribution in [-0.4, -0.2) is 35.9 Å². The molecule has 0 aromatic carbocycles. The number of nitrogens with one attached hydrogen (secondary N) is 4. The first-order valence-electron chi connectivity index (χ1n) is 9.67. The van der Waals surface area contributed by atoms with Crippen LogP contribution in [-0.2, 0) is 14.5 Å². The minimum absolute atomic E-state index is 0.0262. The summed E-state index contributed by atoms with van der Waals surface area (Å²) < 4.78 is 0. The summed E-state index contributed by atoms with van der Waals surface area (Å²) >= 11 is 5.94. The molecular formula is C17H29ClN4O3. The van der Waals surface area contributed by atoms with Gasteiger partial charge in [0, 0.05) is 12.5 Å². The molecule has 4 aliphatic rings. The number of rotatable bonds is 4. The van der Waals surface area contributed by atoms with Gasteiger partial charge in [-0.05, 0) is 56.3 Å². The largest absolute Gasteiger partial charge is 0.351 e. The molecule has 7 nitrogen and oxygen atoms in total. The zero-order chi connectivity index (χ0) is 17.4. The standard InChI is InChI=1S/C17H29ClN4O3/c1-2-15-20-16(22-25-15)10-3-5-11-9(7-10)4-6-12(11)19-17(23)13-8-14(18)21-24-13/h9-16,20-22H,2-8H2,1H3,(H,19,23)/t9?,10?,11?,12-,13?,14?,15?,16?/m1/s1. The van der Waals surface area contributed by atoms with Gasteiger partial charge in [0.25, 0.3) is 5.91 Å². The number of alkyl halides is 1. The number of carbonyl (C=O) groups is 1. The van der Waals surface area contributed by atoms with Crippen molar-refractivity contribution in [3.8, 4) is 0 Å². The van der Waals surface area contributed by atoms with Crippen LogP contribution in [0.5, 0.6) is 0 Å². The fourth-order valence-corrected chi connectivity index (χ4v) is 5.22. The lowest BCUT2D eigenvalue weighted by atomic mass is 9.74. The van der Waals surface area contributed by atoms with Gasteiger partial charge >= 0.3 is 0 Å². The number of carbonyl (C=O) groups excluding carboxylic acids is 1. The lowest BCUT2D eigenvalue weighted by Crippen LogP contribution is -2.47. The van der Waals surface area contributed by atoms with E-state index in [9.17, 15) is 4.79 Å². The van der Waals surface area contributed by atoms with Crippen LogP contribution in [0.3, 0.4) is 0 Å². The molecule has 2 aliphatic heterocycles. The van der Waals surface area contributed by atoms with Gasteiger partial charge < -0.3 is 5.32 Å². The van der Waals surface area contributed by atoms with E-state index < -0.39 is 6.10 Å². The third kappa shape index (κ3) is 3.82. The molecule has 2 saturated carbocycles. The smallest absolute Gasteiger partial charge is 0.251 e. The van der Waals surface area contributed by atoms with Gasteiger partial charge in [0.15, 0.2) is 6.10 Å². The van der Waals surface area contributed by atoms with Gasteiger partial charge in [0.1, 0.15) is 11.7 Å². The fraction of sp³-hybridized carbons (Fsp3) is 0.941. The Bertz CT molecular complexity index is 497. The van der Waals surface area contributed by atoms with Crippen LogP contribution in [0, 0.1) is 17.8 Å². The Morgan fingerprint density at radius 1 is 1.12 bits per heavy atom. The molecule has 0 radical (unpaired) electrons. The summed E-state index contributed by atoms with van der Waals surface area (Å²) in [7, 11) is 0. The van der Waals surface area contributed by atoms with Crippen LogP contribution in [0.25, 0.3) is 0 Å². The zero-order valence-electron chi connectivity index (χ0n) is 14.7. The number of hydrogen-bond acceptors (Lipinski definition) is 6. The Kier molecular flexibility index (Phi) is 5.50. The summed E-state index contributed by atoms with van der Waals surface area (Å²) in [4.78, 5) is 23.2. The van der Waals surface area contributed by atoms with E-state index in [0.29, 0.717) is 24.2 Å². The molecule has 2 aliphatic carbocycles. The molecule has 25 heavy (non-hydrogen) atoms. The van der Waals surface area contributed by atoms with Crippen LogP contribution >= 0.6 is 11.6 Å². The van der Waals surface area contributed by atoms with Crippen molar-refractivity contribution >= 4 is 17.5 Å². The van der Waals surface area contributed by atoms with Gasteiger partial charge in [0.2, 0.25) is 0 Å². The first-order chi connectivity index (χ1) is 12.1. The molecule has 4 rings (SSSR count). The minimum Gasteiger partial charge on any atom is -0.351 e. The summed E-state index contributed by atoms with van der Waals surface area (Å²) in [5.74, 6) is 1.86. The Morgan fingerprint density at radius 3 is 2.68 bits per heavy atom. The first kappa shape index (κ1) is 17.9. The second-order valence-corrected chi connectivity index (χ2v) is 8.42. The minimum atomic E-state index is -0.465. The maximum Gasteiger partial charge on any atom is 0.251 e. The number of halogens is 1. The predicted octanol–water partition coefficient (Wildman–Crippen LogP) is 1.34. The summed E-state index contributed by atoms with van der Waals surface area (Å²) in [5.41, 5.74) is 5.56. The van der Waals surface area contributed by atoms with E-state index in [2.05, 4.69) is 28.5 Å². The monoisotopic (exact) mass is 372 g/mol. The highest BCUT2D eigenvalue weighted by molar-refractivity contribution is 6.20. The molecule has 8 heteroatoms. The fourth-order valence-electron chi connectivity index (χ4n) is 5.01. The van der Waals surface area contributed by atoms with Crippen LogP contribution < -0.4 is 21.6 Å². The number of hydroxylamine groups is 2. The molecule has 0 spiro atoms. The van der Waals surface area contributed by atoms with Crippen LogP contribution in [0.2, 0.25) is 0 Å². The molecule has 142 valence electrons. The van der Waals surface area contributed by atoms with Crippen LogP contribution in [0.1, 0.15) is 51.9 Å². The van der Waals surface area contributed by atoms with Crippen LogP contribution in [0.15, 0.2) is 0 Å². The van der Waals surface area contributed by atoms with Crippen molar-refractivity contribution in [1.82, 2.24) is 21.6 Å². The summed E-state index contributed by atoms with van der Waals surface area (Å²) in [5, 5.41) is 6.76. The highest BCUT2D eigenvalue weighted by Gasteiger charge is 2.44. The molecule has 2 saturated heterocycles. The highest BCUT2D eigenvalue weighted by Crippen LogP contribution is 2.45. The Morgan fingerprint density at radius 2 is 1.96 bits per heavy atom. The van der Waals surface area contributed by atoms with Gasteiger partial charge in [0.05, 0.1) is 6.17 Å². The molecule has 0 bridgehead atoms. The van der Waals surface area contributed by atoms with E-state index >= 15 is 0 Å². The number of hydrogen-bond donors (Lipinski definition) is 4. The van der Waals surface area contributed by atoms with Gasteiger partial charge in [-0.2, -0.15) is 11.0 Å². The molecule has 1 amide bonds. The van der Waals surface area contributed by atoms with E-state index in [1.54, 1.807) is 0 Å². The number of amides is 1. The molecule has 0 aromatic heterocycles. The second-order valence-electron chi connectivity index (χ2n) is 7.89. The number of fused-ring (bicyclic) bond motifs is 1. The predicted molar refractivity (Wildman–Crippen MR) is 93.0 cm³/mol. The topological polar surface area (TPSA) is 83.7 Å². The lowest BCUT2D eigenvalue weighted by Gasteiger charge is -2.36. The lowest BCUT2D eigenvalue weighted by molar-refractivity contribution is -0.134. The molecule has 7 unspecified atom stereocenters.